The lowest BCUT2D eigenvalue weighted by atomic mass is 9.86. The molecule has 3 rings (SSSR count). The molecule has 0 heterocycles. The number of carboxylic acids is 1. The zero-order valence-electron chi connectivity index (χ0n) is 20.1. The van der Waals surface area contributed by atoms with Gasteiger partial charge >= 0.3 is 12.1 Å². The van der Waals surface area contributed by atoms with Gasteiger partial charge in [-0.3, -0.25) is 4.79 Å². The average molecular weight is 467 g/mol. The Morgan fingerprint density at radius 1 is 1.03 bits per heavy atom. The number of benzene rings is 2. The fraction of sp³-hybridized carbons (Fsp3) is 0.444. The summed E-state index contributed by atoms with van der Waals surface area (Å²) in [7, 11) is 0. The monoisotopic (exact) mass is 466 g/mol. The number of hydrogen-bond acceptors (Lipinski definition) is 4. The van der Waals surface area contributed by atoms with Crippen LogP contribution >= 0.6 is 0 Å². The van der Waals surface area contributed by atoms with Gasteiger partial charge in [-0.15, -0.1) is 0 Å². The van der Waals surface area contributed by atoms with Crippen LogP contribution in [0.3, 0.4) is 0 Å². The predicted octanol–water partition coefficient (Wildman–Crippen LogP) is 4.70. The van der Waals surface area contributed by atoms with Crippen LogP contribution in [0.2, 0.25) is 0 Å². The average Bonchev–Trinajstić information content (AvgIpc) is 3.17. The van der Waals surface area contributed by atoms with Crippen molar-refractivity contribution in [2.45, 2.75) is 58.4 Å². The van der Waals surface area contributed by atoms with Crippen LogP contribution in [0.25, 0.3) is 11.1 Å². The van der Waals surface area contributed by atoms with Crippen LogP contribution in [0.15, 0.2) is 48.5 Å². The molecular weight excluding hydrogens is 432 g/mol. The summed E-state index contributed by atoms with van der Waals surface area (Å²) in [4.78, 5) is 36.9. The Morgan fingerprint density at radius 3 is 2.15 bits per heavy atom. The number of aliphatic carboxylic acids is 1. The highest BCUT2D eigenvalue weighted by Crippen LogP contribution is 2.44. The van der Waals surface area contributed by atoms with Gasteiger partial charge in [-0.25, -0.2) is 9.59 Å². The SMILES string of the molecule is CCCCC(NC(=O)C(C)(CC)CNC(=O)OCC1c2ccccc2-c2ccccc21)C(=O)O. The minimum Gasteiger partial charge on any atom is -0.480 e. The molecule has 34 heavy (non-hydrogen) atoms. The van der Waals surface area contributed by atoms with Gasteiger partial charge in [0.1, 0.15) is 12.6 Å². The molecule has 0 fully saturated rings. The summed E-state index contributed by atoms with van der Waals surface area (Å²) in [6.45, 7) is 5.75. The van der Waals surface area contributed by atoms with E-state index in [0.29, 0.717) is 19.3 Å². The van der Waals surface area contributed by atoms with Crippen molar-refractivity contribution >= 4 is 18.0 Å². The summed E-state index contributed by atoms with van der Waals surface area (Å²) in [6, 6.07) is 15.3. The molecule has 2 aromatic rings. The number of alkyl carbamates (subject to hydrolysis) is 1. The Kier molecular flexibility index (Phi) is 8.31. The van der Waals surface area contributed by atoms with E-state index in [9.17, 15) is 19.5 Å². The molecule has 0 spiro atoms. The standard InChI is InChI=1S/C27H34N2O5/c1-4-6-15-23(24(30)31)29-25(32)27(3,5-2)17-28-26(33)34-16-22-20-13-9-7-11-18(20)19-12-8-10-14-21(19)22/h7-14,22-23H,4-6,15-17H2,1-3H3,(H,28,33)(H,29,32)(H,30,31). The van der Waals surface area contributed by atoms with Crippen molar-refractivity contribution in [3.8, 4) is 11.1 Å². The van der Waals surface area contributed by atoms with Gasteiger partial charge in [0.25, 0.3) is 0 Å². The van der Waals surface area contributed by atoms with E-state index in [0.717, 1.165) is 28.7 Å². The Morgan fingerprint density at radius 2 is 1.62 bits per heavy atom. The van der Waals surface area contributed by atoms with Crippen molar-refractivity contribution in [2.24, 2.45) is 5.41 Å². The zero-order chi connectivity index (χ0) is 24.7. The van der Waals surface area contributed by atoms with Gasteiger partial charge in [0.15, 0.2) is 0 Å². The topological polar surface area (TPSA) is 105 Å². The lowest BCUT2D eigenvalue weighted by Gasteiger charge is -2.29. The van der Waals surface area contributed by atoms with Crippen LogP contribution in [-0.4, -0.2) is 42.3 Å². The first-order valence-electron chi connectivity index (χ1n) is 11.9. The summed E-state index contributed by atoms with van der Waals surface area (Å²) in [6.07, 6.45) is 1.75. The van der Waals surface area contributed by atoms with E-state index in [1.54, 1.807) is 6.92 Å². The summed E-state index contributed by atoms with van der Waals surface area (Å²) in [5.74, 6) is -1.49. The van der Waals surface area contributed by atoms with Crippen LogP contribution in [0, 0.1) is 5.41 Å². The van der Waals surface area contributed by atoms with E-state index >= 15 is 0 Å². The molecule has 3 N–H and O–H groups in total. The van der Waals surface area contributed by atoms with Crippen molar-refractivity contribution in [1.29, 1.82) is 0 Å². The molecule has 1 aliphatic carbocycles. The molecule has 2 amide bonds. The van der Waals surface area contributed by atoms with Crippen LogP contribution in [0.4, 0.5) is 4.79 Å². The molecule has 0 bridgehead atoms. The number of nitrogens with one attached hydrogen (secondary N) is 2. The number of rotatable bonds is 11. The Balaban J connectivity index is 1.58. The number of carbonyl (C=O) groups excluding carboxylic acids is 2. The number of carboxylic acid groups (broad SMARTS) is 1. The van der Waals surface area contributed by atoms with Crippen LogP contribution < -0.4 is 10.6 Å². The highest BCUT2D eigenvalue weighted by atomic mass is 16.5. The molecule has 2 atom stereocenters. The summed E-state index contributed by atoms with van der Waals surface area (Å²) in [5, 5.41) is 14.8. The molecule has 7 nitrogen and oxygen atoms in total. The molecular formula is C27H34N2O5. The first kappa shape index (κ1) is 25.3. The van der Waals surface area contributed by atoms with Crippen LogP contribution in [0.1, 0.15) is 63.5 Å². The van der Waals surface area contributed by atoms with Gasteiger partial charge in [0.05, 0.1) is 5.41 Å². The first-order valence-corrected chi connectivity index (χ1v) is 11.9. The van der Waals surface area contributed by atoms with Crippen molar-refractivity contribution in [2.75, 3.05) is 13.2 Å². The molecule has 1 aliphatic rings. The summed E-state index contributed by atoms with van der Waals surface area (Å²) < 4.78 is 5.56. The molecule has 0 aliphatic heterocycles. The van der Waals surface area contributed by atoms with Crippen molar-refractivity contribution in [3.05, 3.63) is 59.7 Å². The van der Waals surface area contributed by atoms with Crippen LogP contribution in [0.5, 0.6) is 0 Å². The van der Waals surface area contributed by atoms with E-state index < -0.39 is 29.4 Å². The molecule has 0 saturated carbocycles. The molecule has 182 valence electrons. The van der Waals surface area contributed by atoms with Gasteiger partial charge < -0.3 is 20.5 Å². The normalized spacial score (nSPS) is 14.9. The van der Waals surface area contributed by atoms with E-state index in [2.05, 4.69) is 34.9 Å². The Labute approximate surface area is 200 Å². The minimum atomic E-state index is -1.05. The van der Waals surface area contributed by atoms with Crippen molar-refractivity contribution in [3.63, 3.8) is 0 Å². The Bertz CT molecular complexity index is 992. The third kappa shape index (κ3) is 5.58. The van der Waals surface area contributed by atoms with Gasteiger partial charge in [0.2, 0.25) is 5.91 Å². The highest BCUT2D eigenvalue weighted by molar-refractivity contribution is 5.87. The zero-order valence-corrected chi connectivity index (χ0v) is 20.1. The summed E-state index contributed by atoms with van der Waals surface area (Å²) in [5.41, 5.74) is 3.60. The lowest BCUT2D eigenvalue weighted by molar-refractivity contribution is -0.144. The largest absolute Gasteiger partial charge is 0.480 e. The maximum absolute atomic E-state index is 12.9. The van der Waals surface area contributed by atoms with E-state index in [1.165, 1.54) is 0 Å². The number of unbranched alkanes of at least 4 members (excludes halogenated alkanes) is 1. The molecule has 0 aromatic heterocycles. The number of fused-ring (bicyclic) bond motifs is 3. The predicted molar refractivity (Wildman–Crippen MR) is 131 cm³/mol. The van der Waals surface area contributed by atoms with Crippen LogP contribution in [-0.2, 0) is 14.3 Å². The Hall–Kier alpha value is -3.35. The number of carbonyl (C=O) groups is 3. The second-order valence-electron chi connectivity index (χ2n) is 9.10. The van der Waals surface area contributed by atoms with Gasteiger partial charge in [0, 0.05) is 12.5 Å². The van der Waals surface area contributed by atoms with Crippen molar-refractivity contribution < 1.29 is 24.2 Å². The molecule has 7 heteroatoms. The van der Waals surface area contributed by atoms with E-state index in [1.807, 2.05) is 38.1 Å². The first-order chi connectivity index (χ1) is 16.3. The molecule has 2 aromatic carbocycles. The maximum atomic E-state index is 12.9. The number of amides is 2. The highest BCUT2D eigenvalue weighted by Gasteiger charge is 2.35. The third-order valence-corrected chi connectivity index (χ3v) is 6.74. The van der Waals surface area contributed by atoms with Crippen molar-refractivity contribution in [1.82, 2.24) is 10.6 Å². The van der Waals surface area contributed by atoms with Gasteiger partial charge in [-0.1, -0.05) is 75.2 Å². The minimum absolute atomic E-state index is 0.0473. The second-order valence-corrected chi connectivity index (χ2v) is 9.10. The van der Waals surface area contributed by atoms with Gasteiger partial charge in [-0.05, 0) is 42.0 Å². The quantitative estimate of drug-likeness (QED) is 0.445. The lowest BCUT2D eigenvalue weighted by Crippen LogP contribution is -2.51. The summed E-state index contributed by atoms with van der Waals surface area (Å²) >= 11 is 0. The van der Waals surface area contributed by atoms with Gasteiger partial charge in [-0.2, -0.15) is 0 Å². The fourth-order valence-corrected chi connectivity index (χ4v) is 4.28. The fourth-order valence-electron chi connectivity index (χ4n) is 4.28. The third-order valence-electron chi connectivity index (χ3n) is 6.74. The second kappa shape index (κ2) is 11.2. The van der Waals surface area contributed by atoms with E-state index in [4.69, 9.17) is 4.74 Å². The molecule has 0 saturated heterocycles. The molecule has 2 unspecified atom stereocenters. The maximum Gasteiger partial charge on any atom is 0.407 e. The number of ether oxygens (including phenoxy) is 1. The number of hydrogen-bond donors (Lipinski definition) is 3. The molecule has 0 radical (unpaired) electrons. The van der Waals surface area contributed by atoms with E-state index in [-0.39, 0.29) is 19.1 Å². The smallest absolute Gasteiger partial charge is 0.407 e.